The maximum atomic E-state index is 12.8. The lowest BCUT2D eigenvalue weighted by atomic mass is 9.86. The van der Waals surface area contributed by atoms with Crippen LogP contribution in [0, 0.1) is 17.8 Å². The third kappa shape index (κ3) is 4.90. The average Bonchev–Trinajstić information content (AvgIpc) is 3.06. The lowest BCUT2D eigenvalue weighted by molar-refractivity contribution is -0.141. The van der Waals surface area contributed by atoms with Gasteiger partial charge in [-0.2, -0.15) is 0 Å². The van der Waals surface area contributed by atoms with Crippen LogP contribution in [0.3, 0.4) is 0 Å². The van der Waals surface area contributed by atoms with E-state index in [4.69, 9.17) is 12.2 Å². The molecule has 0 saturated carbocycles. The molecular weight excluding hydrogens is 358 g/mol. The van der Waals surface area contributed by atoms with Gasteiger partial charge in [0.15, 0.2) is 0 Å². The Kier molecular flexibility index (Phi) is 6.83. The molecule has 2 rings (SSSR count). The first-order valence-corrected chi connectivity index (χ1v) is 9.30. The molecule has 0 aliphatic carbocycles. The number of nitrogens with zero attached hydrogens (tertiary/aromatic N) is 1. The summed E-state index contributed by atoms with van der Waals surface area (Å²) in [6.45, 7) is 5.28. The minimum absolute atomic E-state index is 0.0569. The van der Waals surface area contributed by atoms with Crippen molar-refractivity contribution in [1.29, 1.82) is 0 Å². The molecule has 1 aliphatic heterocycles. The fourth-order valence-electron chi connectivity index (χ4n) is 3.17. The number of benzene rings is 1. The van der Waals surface area contributed by atoms with Crippen LogP contribution in [0.1, 0.15) is 44.4 Å². The normalized spacial score (nSPS) is 21.7. The summed E-state index contributed by atoms with van der Waals surface area (Å²) < 4.78 is 0. The highest BCUT2D eigenvalue weighted by Crippen LogP contribution is 2.25. The number of aliphatic hydroxyl groups excluding tert-OH is 2. The van der Waals surface area contributed by atoms with Crippen LogP contribution in [0.5, 0.6) is 0 Å². The minimum Gasteiger partial charge on any atom is -0.394 e. The molecule has 1 aromatic carbocycles. The Hall–Kier alpha value is -2.40. The molecule has 152 valence electrons. The third-order valence-corrected chi connectivity index (χ3v) is 5.04. The zero-order chi connectivity index (χ0) is 21.1. The van der Waals surface area contributed by atoms with Gasteiger partial charge in [0.2, 0.25) is 11.8 Å². The summed E-state index contributed by atoms with van der Waals surface area (Å²) in [5.41, 5.74) is 6.98. The summed E-state index contributed by atoms with van der Waals surface area (Å²) in [7, 11) is 0. The van der Waals surface area contributed by atoms with Crippen LogP contribution in [0.4, 0.5) is 0 Å². The number of rotatable bonds is 5. The number of hydrogen-bond acceptors (Lipinski definition) is 5. The Bertz CT molecular complexity index is 748. The number of terminal acetylenes is 1. The Morgan fingerprint density at radius 3 is 2.46 bits per heavy atom. The van der Waals surface area contributed by atoms with Gasteiger partial charge in [0.25, 0.3) is 0 Å². The molecule has 1 aromatic rings. The minimum atomic E-state index is -0.838. The van der Waals surface area contributed by atoms with Crippen molar-refractivity contribution >= 4 is 11.8 Å². The van der Waals surface area contributed by atoms with Crippen LogP contribution < -0.4 is 11.1 Å². The molecule has 5 N–H and O–H groups in total. The van der Waals surface area contributed by atoms with Gasteiger partial charge in [-0.05, 0) is 23.1 Å². The summed E-state index contributed by atoms with van der Waals surface area (Å²) >= 11 is 0. The second-order valence-electron chi connectivity index (χ2n) is 8.25. The predicted molar refractivity (Wildman–Crippen MR) is 106 cm³/mol. The number of nitrogens with two attached hydrogens (primary N) is 1. The number of amides is 2. The number of carbonyl (C=O) groups excluding carboxylic acids is 2. The molecule has 0 radical (unpaired) electrons. The first-order valence-electron chi connectivity index (χ1n) is 9.30. The zero-order valence-electron chi connectivity index (χ0n) is 16.6. The highest BCUT2D eigenvalue weighted by Gasteiger charge is 2.43. The van der Waals surface area contributed by atoms with E-state index in [9.17, 15) is 19.8 Å². The van der Waals surface area contributed by atoms with E-state index in [2.05, 4.69) is 11.2 Å². The number of carbonyl (C=O) groups is 2. The lowest BCUT2D eigenvalue weighted by Gasteiger charge is -2.33. The van der Waals surface area contributed by atoms with E-state index >= 15 is 0 Å². The Labute approximate surface area is 165 Å². The monoisotopic (exact) mass is 387 g/mol. The van der Waals surface area contributed by atoms with Gasteiger partial charge >= 0.3 is 0 Å². The standard InChI is InChI=1S/C21H29N3O4/c1-5-13-6-8-14(9-7-13)16(12-25)23-19(27)17-10-15(26)11-24(17)20(28)18(22)21(2,3)4/h1,6-9,15-18,25-26H,10-12,22H2,2-4H3,(H,23,27)/t15-,16+,17+,18-/m1/s1. The molecule has 2 amide bonds. The molecule has 4 atom stereocenters. The van der Waals surface area contributed by atoms with Crippen LogP contribution in [0.25, 0.3) is 0 Å². The van der Waals surface area contributed by atoms with Crippen molar-refractivity contribution in [3.63, 3.8) is 0 Å². The summed E-state index contributed by atoms with van der Waals surface area (Å²) in [6.07, 6.45) is 4.67. The molecule has 0 unspecified atom stereocenters. The molecule has 0 aromatic heterocycles. The highest BCUT2D eigenvalue weighted by atomic mass is 16.3. The summed E-state index contributed by atoms with van der Waals surface area (Å²) in [5, 5.41) is 22.5. The Morgan fingerprint density at radius 2 is 1.96 bits per heavy atom. The van der Waals surface area contributed by atoms with E-state index in [0.29, 0.717) is 11.1 Å². The van der Waals surface area contributed by atoms with Crippen molar-refractivity contribution in [3.05, 3.63) is 35.4 Å². The van der Waals surface area contributed by atoms with Gasteiger partial charge in [0, 0.05) is 18.5 Å². The van der Waals surface area contributed by atoms with Gasteiger partial charge in [-0.1, -0.05) is 38.8 Å². The molecule has 1 fully saturated rings. The van der Waals surface area contributed by atoms with Crippen molar-refractivity contribution in [3.8, 4) is 12.3 Å². The maximum Gasteiger partial charge on any atom is 0.243 e. The first kappa shape index (κ1) is 21.9. The second kappa shape index (κ2) is 8.74. The highest BCUT2D eigenvalue weighted by molar-refractivity contribution is 5.91. The molecule has 28 heavy (non-hydrogen) atoms. The molecule has 1 saturated heterocycles. The average molecular weight is 387 g/mol. The van der Waals surface area contributed by atoms with Gasteiger partial charge in [-0.25, -0.2) is 0 Å². The van der Waals surface area contributed by atoms with E-state index in [0.717, 1.165) is 0 Å². The van der Waals surface area contributed by atoms with E-state index in [1.807, 2.05) is 20.8 Å². The van der Waals surface area contributed by atoms with Crippen LogP contribution in [-0.2, 0) is 9.59 Å². The van der Waals surface area contributed by atoms with E-state index in [1.54, 1.807) is 24.3 Å². The fourth-order valence-corrected chi connectivity index (χ4v) is 3.17. The number of β-amino-alcohol motifs (C(OH)–C–C–N with tert-alkyl or cyclic N) is 1. The smallest absolute Gasteiger partial charge is 0.243 e. The summed E-state index contributed by atoms with van der Waals surface area (Å²) in [6, 6.07) is 4.64. The van der Waals surface area contributed by atoms with Crippen LogP contribution in [-0.4, -0.2) is 58.3 Å². The predicted octanol–water partition coefficient (Wildman–Crippen LogP) is 0.153. The molecule has 1 heterocycles. The van der Waals surface area contributed by atoms with Crippen LogP contribution >= 0.6 is 0 Å². The lowest BCUT2D eigenvalue weighted by Crippen LogP contribution is -2.55. The Balaban J connectivity index is 2.15. The molecule has 0 bridgehead atoms. The van der Waals surface area contributed by atoms with Crippen LogP contribution in [0.2, 0.25) is 0 Å². The largest absolute Gasteiger partial charge is 0.394 e. The molecule has 7 nitrogen and oxygen atoms in total. The van der Waals surface area contributed by atoms with E-state index in [1.165, 1.54) is 4.90 Å². The zero-order valence-corrected chi connectivity index (χ0v) is 16.6. The van der Waals surface area contributed by atoms with Crippen molar-refractivity contribution in [2.24, 2.45) is 11.1 Å². The molecule has 1 aliphatic rings. The van der Waals surface area contributed by atoms with Gasteiger partial charge in [-0.3, -0.25) is 9.59 Å². The third-order valence-electron chi connectivity index (χ3n) is 5.04. The second-order valence-corrected chi connectivity index (χ2v) is 8.25. The van der Waals surface area contributed by atoms with E-state index in [-0.39, 0.29) is 25.5 Å². The number of likely N-dealkylation sites (tertiary alicyclic amines) is 1. The van der Waals surface area contributed by atoms with Gasteiger partial charge in [0.05, 0.1) is 24.8 Å². The maximum absolute atomic E-state index is 12.8. The van der Waals surface area contributed by atoms with Gasteiger partial charge in [0.1, 0.15) is 6.04 Å². The molecule has 0 spiro atoms. The van der Waals surface area contributed by atoms with Gasteiger partial charge in [-0.15, -0.1) is 6.42 Å². The van der Waals surface area contributed by atoms with Crippen LogP contribution in [0.15, 0.2) is 24.3 Å². The van der Waals surface area contributed by atoms with Crippen molar-refractivity contribution in [2.75, 3.05) is 13.2 Å². The van der Waals surface area contributed by atoms with E-state index < -0.39 is 35.6 Å². The molecule has 7 heteroatoms. The number of nitrogens with one attached hydrogen (secondary N) is 1. The number of hydrogen-bond donors (Lipinski definition) is 4. The number of aliphatic hydroxyl groups is 2. The SMILES string of the molecule is C#Cc1ccc([C@H](CO)NC(=O)[C@@H]2C[C@@H](O)CN2C(=O)[C@@H](N)C(C)(C)C)cc1. The molecular formula is C21H29N3O4. The van der Waals surface area contributed by atoms with Crippen molar-refractivity contribution in [2.45, 2.75) is 51.4 Å². The quantitative estimate of drug-likeness (QED) is 0.537. The van der Waals surface area contributed by atoms with Gasteiger partial charge < -0.3 is 26.2 Å². The fraction of sp³-hybridized carbons (Fsp3) is 0.524. The first-order chi connectivity index (χ1) is 13.1. The summed E-state index contributed by atoms with van der Waals surface area (Å²) in [4.78, 5) is 27.0. The van der Waals surface area contributed by atoms with Crippen molar-refractivity contribution in [1.82, 2.24) is 10.2 Å². The summed E-state index contributed by atoms with van der Waals surface area (Å²) in [5.74, 6) is 1.70. The van der Waals surface area contributed by atoms with Crippen molar-refractivity contribution < 1.29 is 19.8 Å². The topological polar surface area (TPSA) is 116 Å². The Morgan fingerprint density at radius 1 is 1.36 bits per heavy atom.